The lowest BCUT2D eigenvalue weighted by Gasteiger charge is -2.22. The van der Waals surface area contributed by atoms with Crippen molar-refractivity contribution in [3.05, 3.63) is 17.7 Å². The minimum atomic E-state index is -0.440. The van der Waals surface area contributed by atoms with Crippen LogP contribution in [0.4, 0.5) is 0 Å². The van der Waals surface area contributed by atoms with Crippen molar-refractivity contribution in [3.63, 3.8) is 0 Å². The molecule has 168 valence electrons. The molecule has 1 saturated carbocycles. The van der Waals surface area contributed by atoms with E-state index in [1.54, 1.807) is 12.1 Å². The van der Waals surface area contributed by atoms with E-state index >= 15 is 0 Å². The Morgan fingerprint density at radius 2 is 1.60 bits per heavy atom. The lowest BCUT2D eigenvalue weighted by atomic mass is 9.85. The first-order valence-electron chi connectivity index (χ1n) is 10.7. The van der Waals surface area contributed by atoms with Crippen LogP contribution in [0, 0.1) is 5.92 Å². The molecule has 7 heteroatoms. The van der Waals surface area contributed by atoms with Gasteiger partial charge in [0.1, 0.15) is 5.78 Å². The zero-order valence-corrected chi connectivity index (χ0v) is 18.7. The third-order valence-electron chi connectivity index (χ3n) is 5.62. The number of methoxy groups -OCH3 is 3. The fraction of sp³-hybridized carbons (Fsp3) is 0.652. The summed E-state index contributed by atoms with van der Waals surface area (Å²) in [7, 11) is 6.51. The van der Waals surface area contributed by atoms with Crippen molar-refractivity contribution in [3.8, 4) is 17.2 Å². The third kappa shape index (κ3) is 6.90. The van der Waals surface area contributed by atoms with E-state index in [0.29, 0.717) is 48.0 Å². The number of benzene rings is 1. The number of carbonyl (C=O) groups is 2. The highest BCUT2D eigenvalue weighted by atomic mass is 16.5. The molecule has 1 aromatic carbocycles. The monoisotopic (exact) mass is 421 g/mol. The number of esters is 1. The molecule has 0 amide bonds. The number of ketones is 1. The molecule has 0 saturated heterocycles. The predicted molar refractivity (Wildman–Crippen MR) is 115 cm³/mol. The summed E-state index contributed by atoms with van der Waals surface area (Å²) in [4.78, 5) is 26.8. The average molecular weight is 422 g/mol. The SMILES string of the molecule is COc1cc(C(=O)OCCCN(C)CCC(=O)C2CCCCC2)cc(OC)c1OC. The van der Waals surface area contributed by atoms with Crippen molar-refractivity contribution in [2.45, 2.75) is 44.9 Å². The maximum absolute atomic E-state index is 12.4. The number of hydrogen-bond acceptors (Lipinski definition) is 7. The Labute approximate surface area is 179 Å². The smallest absolute Gasteiger partial charge is 0.338 e. The molecule has 0 aliphatic heterocycles. The van der Waals surface area contributed by atoms with Gasteiger partial charge in [0.15, 0.2) is 11.5 Å². The van der Waals surface area contributed by atoms with Crippen molar-refractivity contribution in [2.24, 2.45) is 5.92 Å². The highest BCUT2D eigenvalue weighted by Gasteiger charge is 2.21. The van der Waals surface area contributed by atoms with E-state index < -0.39 is 5.97 Å². The van der Waals surface area contributed by atoms with Gasteiger partial charge in [-0.1, -0.05) is 19.3 Å². The molecule has 0 N–H and O–H groups in total. The molecule has 0 aromatic heterocycles. The minimum Gasteiger partial charge on any atom is -0.493 e. The molecule has 1 aliphatic rings. The summed E-state index contributed by atoms with van der Waals surface area (Å²) in [6, 6.07) is 3.15. The van der Waals surface area contributed by atoms with E-state index in [4.69, 9.17) is 18.9 Å². The Kier molecular flexibility index (Phi) is 9.94. The number of rotatable bonds is 12. The normalized spacial score (nSPS) is 14.4. The summed E-state index contributed by atoms with van der Waals surface area (Å²) < 4.78 is 21.2. The highest BCUT2D eigenvalue weighted by Crippen LogP contribution is 2.38. The van der Waals surface area contributed by atoms with Gasteiger partial charge in [0, 0.05) is 25.4 Å². The molecule has 1 fully saturated rings. The molecule has 1 aromatic rings. The second-order valence-corrected chi connectivity index (χ2v) is 7.76. The van der Waals surface area contributed by atoms with Crippen molar-refractivity contribution in [1.82, 2.24) is 4.90 Å². The lowest BCUT2D eigenvalue weighted by molar-refractivity contribution is -0.124. The maximum atomic E-state index is 12.4. The Morgan fingerprint density at radius 1 is 0.967 bits per heavy atom. The van der Waals surface area contributed by atoms with Crippen LogP contribution >= 0.6 is 0 Å². The van der Waals surface area contributed by atoms with Gasteiger partial charge in [-0.2, -0.15) is 0 Å². The zero-order valence-electron chi connectivity index (χ0n) is 18.7. The van der Waals surface area contributed by atoms with Crippen molar-refractivity contribution < 1.29 is 28.5 Å². The van der Waals surface area contributed by atoms with E-state index in [0.717, 1.165) is 25.9 Å². The van der Waals surface area contributed by atoms with Crippen LogP contribution in [0.1, 0.15) is 55.3 Å². The van der Waals surface area contributed by atoms with Gasteiger partial charge in [0.2, 0.25) is 5.75 Å². The maximum Gasteiger partial charge on any atom is 0.338 e. The van der Waals surface area contributed by atoms with Crippen LogP contribution in [0.2, 0.25) is 0 Å². The average Bonchev–Trinajstić information content (AvgIpc) is 2.79. The largest absolute Gasteiger partial charge is 0.493 e. The lowest BCUT2D eigenvalue weighted by Crippen LogP contribution is -2.27. The van der Waals surface area contributed by atoms with Gasteiger partial charge in [-0.05, 0) is 38.4 Å². The molecule has 30 heavy (non-hydrogen) atoms. The van der Waals surface area contributed by atoms with E-state index in [2.05, 4.69) is 4.90 Å². The number of hydrogen-bond donors (Lipinski definition) is 0. The topological polar surface area (TPSA) is 74.3 Å². The first-order valence-corrected chi connectivity index (χ1v) is 10.7. The molecule has 0 radical (unpaired) electrons. The minimum absolute atomic E-state index is 0.270. The molecular formula is C23H35NO6. The van der Waals surface area contributed by atoms with Crippen molar-refractivity contribution in [2.75, 3.05) is 48.1 Å². The predicted octanol–water partition coefficient (Wildman–Crippen LogP) is 3.73. The molecule has 0 unspecified atom stereocenters. The zero-order chi connectivity index (χ0) is 21.9. The van der Waals surface area contributed by atoms with E-state index in [1.165, 1.54) is 40.6 Å². The van der Waals surface area contributed by atoms with Crippen molar-refractivity contribution in [1.29, 1.82) is 0 Å². The Bertz CT molecular complexity index is 674. The summed E-state index contributed by atoms with van der Waals surface area (Å²) in [5.74, 6) is 1.48. The number of nitrogens with zero attached hydrogens (tertiary/aromatic N) is 1. The van der Waals surface area contributed by atoms with E-state index in [-0.39, 0.29) is 5.92 Å². The van der Waals surface area contributed by atoms with E-state index in [1.807, 2.05) is 7.05 Å². The highest BCUT2D eigenvalue weighted by molar-refractivity contribution is 5.91. The Balaban J connectivity index is 1.73. The van der Waals surface area contributed by atoms with Crippen LogP contribution in [0.25, 0.3) is 0 Å². The van der Waals surface area contributed by atoms with Crippen LogP contribution in [0.3, 0.4) is 0 Å². The molecule has 7 nitrogen and oxygen atoms in total. The summed E-state index contributed by atoms with van der Waals surface area (Å²) in [6.07, 6.45) is 7.04. The number of ether oxygens (including phenoxy) is 4. The van der Waals surface area contributed by atoms with Gasteiger partial charge >= 0.3 is 5.97 Å². The Hall–Kier alpha value is -2.28. The molecule has 0 bridgehead atoms. The molecule has 2 rings (SSSR count). The van der Waals surface area contributed by atoms with Crippen molar-refractivity contribution >= 4 is 11.8 Å². The molecular weight excluding hydrogens is 386 g/mol. The van der Waals surface area contributed by atoms with Crippen LogP contribution < -0.4 is 14.2 Å². The van der Waals surface area contributed by atoms with Gasteiger partial charge in [0.25, 0.3) is 0 Å². The van der Waals surface area contributed by atoms with Gasteiger partial charge in [0.05, 0.1) is 33.5 Å². The summed E-state index contributed by atoms with van der Waals surface area (Å²) in [5.41, 5.74) is 0.343. The van der Waals surface area contributed by atoms with Gasteiger partial charge in [-0.25, -0.2) is 4.79 Å². The van der Waals surface area contributed by atoms with Crippen LogP contribution in [-0.4, -0.2) is 64.7 Å². The van der Waals surface area contributed by atoms with Crippen LogP contribution in [-0.2, 0) is 9.53 Å². The Morgan fingerprint density at radius 3 is 2.17 bits per heavy atom. The quantitative estimate of drug-likeness (QED) is 0.376. The summed E-state index contributed by atoms with van der Waals surface area (Å²) >= 11 is 0. The molecule has 0 atom stereocenters. The summed E-state index contributed by atoms with van der Waals surface area (Å²) in [5, 5.41) is 0. The first-order chi connectivity index (χ1) is 14.5. The second-order valence-electron chi connectivity index (χ2n) is 7.76. The molecule has 0 spiro atoms. The fourth-order valence-corrected chi connectivity index (χ4v) is 3.82. The first kappa shape index (κ1) is 24.0. The van der Waals surface area contributed by atoms with Crippen LogP contribution in [0.5, 0.6) is 17.2 Å². The second kappa shape index (κ2) is 12.4. The number of Topliss-reactive ketones (excluding diaryl/α,β-unsaturated/α-hetero) is 1. The number of carbonyl (C=O) groups excluding carboxylic acids is 2. The van der Waals surface area contributed by atoms with Gasteiger partial charge in [-0.15, -0.1) is 0 Å². The molecule has 0 heterocycles. The van der Waals surface area contributed by atoms with Crippen LogP contribution in [0.15, 0.2) is 12.1 Å². The van der Waals surface area contributed by atoms with Gasteiger partial charge < -0.3 is 23.8 Å². The summed E-state index contributed by atoms with van der Waals surface area (Å²) in [6.45, 7) is 1.81. The van der Waals surface area contributed by atoms with E-state index in [9.17, 15) is 9.59 Å². The molecule has 1 aliphatic carbocycles. The third-order valence-corrected chi connectivity index (χ3v) is 5.62. The standard InChI is InChI=1S/C23H35NO6/c1-24(13-11-19(25)17-9-6-5-7-10-17)12-8-14-30-23(26)18-15-20(27-2)22(29-4)21(16-18)28-3/h15-17H,5-14H2,1-4H3. The fourth-order valence-electron chi connectivity index (χ4n) is 3.82. The van der Waals surface area contributed by atoms with Gasteiger partial charge in [-0.3, -0.25) is 4.79 Å².